The smallest absolute Gasteiger partial charge is 0.143 e. The molecule has 0 spiro atoms. The van der Waals surface area contributed by atoms with E-state index in [0.717, 1.165) is 61.2 Å². The van der Waals surface area contributed by atoms with Crippen molar-refractivity contribution < 1.29 is 4.42 Å². The van der Waals surface area contributed by atoms with Gasteiger partial charge in [-0.25, -0.2) is 0 Å². The van der Waals surface area contributed by atoms with Gasteiger partial charge in [0.1, 0.15) is 11.2 Å². The molecule has 0 saturated heterocycles. The maximum Gasteiger partial charge on any atom is 0.143 e. The zero-order valence-corrected chi connectivity index (χ0v) is 31.0. The molecule has 0 aliphatic carbocycles. The summed E-state index contributed by atoms with van der Waals surface area (Å²) in [7, 11) is 0. The minimum atomic E-state index is 0.895. The SMILES string of the molecule is c1cc(-c2cccc3oc4c5ccccc5ccc4c23)cc(N(c2ccc(-n3c4ccccc4c4ccccc43)cc2)c2ccc3c(c2)sc2ccccc23)c1. The topological polar surface area (TPSA) is 21.3 Å². The van der Waals surface area contributed by atoms with Crippen LogP contribution in [0.4, 0.5) is 17.1 Å². The summed E-state index contributed by atoms with van der Waals surface area (Å²) in [6.07, 6.45) is 0. The molecule has 0 N–H and O–H groups in total. The van der Waals surface area contributed by atoms with Crippen molar-refractivity contribution in [1.82, 2.24) is 4.57 Å². The van der Waals surface area contributed by atoms with Crippen LogP contribution in [0.2, 0.25) is 0 Å². The van der Waals surface area contributed by atoms with Gasteiger partial charge in [-0.3, -0.25) is 0 Å². The highest BCUT2D eigenvalue weighted by atomic mass is 32.1. The maximum atomic E-state index is 6.59. The average Bonchev–Trinajstić information content (AvgIpc) is 3.94. The van der Waals surface area contributed by atoms with Crippen LogP contribution in [0.1, 0.15) is 0 Å². The third-order valence-corrected chi connectivity index (χ3v) is 12.5. The number of fused-ring (bicyclic) bond motifs is 11. The van der Waals surface area contributed by atoms with Crippen molar-refractivity contribution in [3.05, 3.63) is 194 Å². The molecule has 3 aromatic heterocycles. The number of thiophene rings is 1. The molecule has 3 heterocycles. The fourth-order valence-corrected chi connectivity index (χ4v) is 10.00. The molecule has 0 fully saturated rings. The number of aromatic nitrogens is 1. The lowest BCUT2D eigenvalue weighted by Crippen LogP contribution is -2.10. The van der Waals surface area contributed by atoms with E-state index in [1.165, 1.54) is 47.4 Å². The maximum absolute atomic E-state index is 6.59. The Morgan fingerprint density at radius 2 is 1.07 bits per heavy atom. The van der Waals surface area contributed by atoms with Crippen LogP contribution in [-0.4, -0.2) is 4.57 Å². The summed E-state index contributed by atoms with van der Waals surface area (Å²) < 4.78 is 11.5. The molecule has 0 amide bonds. The Balaban J connectivity index is 1.04. The van der Waals surface area contributed by atoms with Gasteiger partial charge in [0.2, 0.25) is 0 Å². The third kappa shape index (κ3) is 4.70. The standard InChI is InChI=1S/C52H32N2OS/c1-2-14-40-33(11-1)23-29-45-51-39(18-10-21-48(51)55-52(40)45)34-12-9-13-37(31-34)53(38-28-30-44-43-17-5-8-22-49(43)56-50(44)32-38)35-24-26-36(27-25-35)54-46-19-6-3-15-41(46)42-16-4-7-20-47(42)54/h1-32H. The number of nitrogens with zero attached hydrogens (tertiary/aromatic N) is 2. The van der Waals surface area contributed by atoms with Gasteiger partial charge in [0.05, 0.1) is 11.0 Å². The minimum absolute atomic E-state index is 0.895. The van der Waals surface area contributed by atoms with E-state index in [-0.39, 0.29) is 0 Å². The van der Waals surface area contributed by atoms with E-state index < -0.39 is 0 Å². The normalized spacial score (nSPS) is 11.9. The zero-order valence-electron chi connectivity index (χ0n) is 30.2. The van der Waals surface area contributed by atoms with E-state index >= 15 is 0 Å². The first kappa shape index (κ1) is 31.2. The van der Waals surface area contributed by atoms with Crippen LogP contribution in [0.15, 0.2) is 199 Å². The highest BCUT2D eigenvalue weighted by Crippen LogP contribution is 2.44. The van der Waals surface area contributed by atoms with Crippen LogP contribution in [-0.2, 0) is 0 Å². The molecule has 3 nitrogen and oxygen atoms in total. The molecular weight excluding hydrogens is 701 g/mol. The molecule has 12 aromatic rings. The lowest BCUT2D eigenvalue weighted by molar-refractivity contribution is 0.673. The first-order chi connectivity index (χ1) is 27.8. The fourth-order valence-electron chi connectivity index (χ4n) is 8.86. The lowest BCUT2D eigenvalue weighted by atomic mass is 9.97. The van der Waals surface area contributed by atoms with E-state index in [1.54, 1.807) is 0 Å². The van der Waals surface area contributed by atoms with Crippen LogP contribution < -0.4 is 4.90 Å². The molecule has 4 heteroatoms. The van der Waals surface area contributed by atoms with Gasteiger partial charge in [-0.2, -0.15) is 0 Å². The van der Waals surface area contributed by atoms with E-state index in [2.05, 4.69) is 204 Å². The van der Waals surface area contributed by atoms with Gasteiger partial charge in [0.25, 0.3) is 0 Å². The number of hydrogen-bond donors (Lipinski definition) is 0. The van der Waals surface area contributed by atoms with E-state index in [9.17, 15) is 0 Å². The average molecular weight is 733 g/mol. The van der Waals surface area contributed by atoms with Crippen molar-refractivity contribution in [2.24, 2.45) is 0 Å². The highest BCUT2D eigenvalue weighted by Gasteiger charge is 2.19. The summed E-state index contributed by atoms with van der Waals surface area (Å²) in [5, 5.41) is 9.69. The zero-order chi connectivity index (χ0) is 36.7. The van der Waals surface area contributed by atoms with Crippen LogP contribution in [0.5, 0.6) is 0 Å². The predicted octanol–water partition coefficient (Wildman–Crippen LogP) is 15.3. The number of rotatable bonds is 5. The van der Waals surface area contributed by atoms with Gasteiger partial charge in [0, 0.05) is 69.9 Å². The second-order valence-electron chi connectivity index (χ2n) is 14.5. The summed E-state index contributed by atoms with van der Waals surface area (Å²) in [5.41, 5.74) is 10.9. The number of anilines is 3. The Kier molecular flexibility index (Phi) is 6.80. The van der Waals surface area contributed by atoms with Crippen molar-refractivity contribution >= 4 is 103 Å². The Bertz CT molecular complexity index is 3440. The molecule has 0 aliphatic heterocycles. The molecule has 0 atom stereocenters. The molecule has 262 valence electrons. The summed E-state index contributed by atoms with van der Waals surface area (Å²) in [6.45, 7) is 0. The summed E-state index contributed by atoms with van der Waals surface area (Å²) in [6, 6.07) is 70.2. The summed E-state index contributed by atoms with van der Waals surface area (Å²) in [4.78, 5) is 2.39. The largest absolute Gasteiger partial charge is 0.455 e. The number of benzene rings is 9. The van der Waals surface area contributed by atoms with Gasteiger partial charge in [-0.1, -0.05) is 115 Å². The number of hydrogen-bond acceptors (Lipinski definition) is 3. The molecule has 0 bridgehead atoms. The molecule has 12 rings (SSSR count). The molecule has 0 unspecified atom stereocenters. The second kappa shape index (κ2) is 12.2. The second-order valence-corrected chi connectivity index (χ2v) is 15.6. The minimum Gasteiger partial charge on any atom is -0.455 e. The highest BCUT2D eigenvalue weighted by molar-refractivity contribution is 7.25. The van der Waals surface area contributed by atoms with Crippen molar-refractivity contribution in [3.8, 4) is 16.8 Å². The molecule has 9 aromatic carbocycles. The fraction of sp³-hybridized carbons (Fsp3) is 0. The van der Waals surface area contributed by atoms with Crippen LogP contribution >= 0.6 is 11.3 Å². The monoisotopic (exact) mass is 732 g/mol. The first-order valence-corrected chi connectivity index (χ1v) is 19.8. The molecule has 0 aliphatic rings. The quantitative estimate of drug-likeness (QED) is 0.176. The molecular formula is C52H32N2OS. The molecule has 56 heavy (non-hydrogen) atoms. The Morgan fingerprint density at radius 3 is 1.89 bits per heavy atom. The van der Waals surface area contributed by atoms with E-state index in [1.807, 2.05) is 11.3 Å². The first-order valence-electron chi connectivity index (χ1n) is 19.0. The van der Waals surface area contributed by atoms with E-state index in [4.69, 9.17) is 4.42 Å². The van der Waals surface area contributed by atoms with Crippen LogP contribution in [0.3, 0.4) is 0 Å². The van der Waals surface area contributed by atoms with Gasteiger partial charge >= 0.3 is 0 Å². The van der Waals surface area contributed by atoms with Crippen molar-refractivity contribution in [3.63, 3.8) is 0 Å². The molecule has 0 saturated carbocycles. The third-order valence-electron chi connectivity index (χ3n) is 11.4. The van der Waals surface area contributed by atoms with Gasteiger partial charge in [-0.15, -0.1) is 11.3 Å². The van der Waals surface area contributed by atoms with Crippen molar-refractivity contribution in [2.75, 3.05) is 4.90 Å². The Morgan fingerprint density at radius 1 is 0.429 bits per heavy atom. The van der Waals surface area contributed by atoms with E-state index in [0.29, 0.717) is 0 Å². The van der Waals surface area contributed by atoms with Crippen molar-refractivity contribution in [2.45, 2.75) is 0 Å². The van der Waals surface area contributed by atoms with Crippen LogP contribution in [0.25, 0.3) is 91.5 Å². The predicted molar refractivity (Wildman–Crippen MR) is 239 cm³/mol. The number of furan rings is 1. The van der Waals surface area contributed by atoms with Gasteiger partial charge in [0.15, 0.2) is 0 Å². The Labute approximate surface area is 326 Å². The van der Waals surface area contributed by atoms with Crippen LogP contribution in [0, 0.1) is 0 Å². The number of para-hydroxylation sites is 2. The summed E-state index contributed by atoms with van der Waals surface area (Å²) >= 11 is 1.85. The van der Waals surface area contributed by atoms with Crippen molar-refractivity contribution in [1.29, 1.82) is 0 Å². The van der Waals surface area contributed by atoms with Gasteiger partial charge in [-0.05, 0) is 95.4 Å². The lowest BCUT2D eigenvalue weighted by Gasteiger charge is -2.26. The molecule has 0 radical (unpaired) electrons. The Hall–Kier alpha value is -7.14. The summed E-state index contributed by atoms with van der Waals surface area (Å²) in [5.74, 6) is 0. The van der Waals surface area contributed by atoms with Gasteiger partial charge < -0.3 is 13.9 Å².